The summed E-state index contributed by atoms with van der Waals surface area (Å²) < 4.78 is 11.3. The van der Waals surface area contributed by atoms with E-state index in [-0.39, 0.29) is 11.6 Å². The number of rotatable bonds is 1. The lowest BCUT2D eigenvalue weighted by molar-refractivity contribution is -0.0981. The third-order valence-electron chi connectivity index (χ3n) is 3.52. The van der Waals surface area contributed by atoms with Gasteiger partial charge in [0, 0.05) is 11.9 Å². The Hall–Kier alpha value is -0.0151. The Bertz CT molecular complexity index is 185. The van der Waals surface area contributed by atoms with Gasteiger partial charge >= 0.3 is 0 Å². The smallest absolute Gasteiger partial charge is 0.109 e. The fourth-order valence-electron chi connectivity index (χ4n) is 2.42. The maximum Gasteiger partial charge on any atom is 0.109 e. The third-order valence-corrected chi connectivity index (χ3v) is 3.52. The van der Waals surface area contributed by atoms with Crippen LogP contribution in [0.1, 0.15) is 20.3 Å². The number of ether oxygens (including phenoxy) is 2. The highest BCUT2D eigenvalue weighted by Crippen LogP contribution is 2.44. The Balaban J connectivity index is 2.24. The first-order valence-electron chi connectivity index (χ1n) is 4.71. The molecule has 0 saturated carbocycles. The van der Waals surface area contributed by atoms with Gasteiger partial charge in [0.15, 0.2) is 0 Å². The molecule has 2 fully saturated rings. The van der Waals surface area contributed by atoms with Crippen LogP contribution in [0.5, 0.6) is 0 Å². The second-order valence-electron chi connectivity index (χ2n) is 3.97. The van der Waals surface area contributed by atoms with Crippen LogP contribution in [0, 0.1) is 11.8 Å². The van der Waals surface area contributed by atoms with Gasteiger partial charge < -0.3 is 9.47 Å². The average Bonchev–Trinajstić information content (AvgIpc) is 2.23. The van der Waals surface area contributed by atoms with E-state index >= 15 is 0 Å². The largest absolute Gasteiger partial charge is 0.378 e. The van der Waals surface area contributed by atoms with Crippen LogP contribution in [-0.2, 0) is 9.47 Å². The van der Waals surface area contributed by atoms with Crippen LogP contribution in [0.4, 0.5) is 0 Å². The molecule has 2 aliphatic rings. The van der Waals surface area contributed by atoms with Crippen LogP contribution in [0.3, 0.4) is 0 Å². The van der Waals surface area contributed by atoms with Crippen LogP contribution < -0.4 is 0 Å². The molecule has 0 amide bonds. The maximum absolute atomic E-state index is 5.87. The van der Waals surface area contributed by atoms with Crippen LogP contribution in [0.2, 0.25) is 0 Å². The second-order valence-corrected chi connectivity index (χ2v) is 3.97. The molecule has 2 heterocycles. The van der Waals surface area contributed by atoms with Gasteiger partial charge in [0.1, 0.15) is 7.85 Å². The molecule has 2 aliphatic heterocycles. The molecule has 2 rings (SSSR count). The van der Waals surface area contributed by atoms with Gasteiger partial charge in [0.05, 0.1) is 18.8 Å². The van der Waals surface area contributed by atoms with E-state index in [9.17, 15) is 0 Å². The van der Waals surface area contributed by atoms with E-state index in [1.165, 1.54) is 0 Å². The Labute approximate surface area is 75.0 Å². The van der Waals surface area contributed by atoms with Crippen molar-refractivity contribution in [2.24, 2.45) is 11.8 Å². The van der Waals surface area contributed by atoms with Crippen LogP contribution in [0.15, 0.2) is 0 Å². The van der Waals surface area contributed by atoms with E-state index in [0.29, 0.717) is 11.8 Å². The highest BCUT2D eigenvalue weighted by atomic mass is 16.6. The Morgan fingerprint density at radius 2 is 2.33 bits per heavy atom. The van der Waals surface area contributed by atoms with Gasteiger partial charge in [-0.1, -0.05) is 13.8 Å². The topological polar surface area (TPSA) is 18.5 Å². The first-order valence-corrected chi connectivity index (χ1v) is 4.71. The summed E-state index contributed by atoms with van der Waals surface area (Å²) in [5.41, 5.74) is -0.0810. The number of hydrogen-bond acceptors (Lipinski definition) is 2. The molecule has 12 heavy (non-hydrogen) atoms. The van der Waals surface area contributed by atoms with Crippen molar-refractivity contribution in [3.63, 3.8) is 0 Å². The minimum absolute atomic E-state index is 0.0810. The SMILES string of the molecule is [B][C@@H]1O[C@@]2(CC)COCC1[C@H]2C. The van der Waals surface area contributed by atoms with Gasteiger partial charge in [-0.2, -0.15) is 0 Å². The molecule has 0 aromatic carbocycles. The summed E-state index contributed by atoms with van der Waals surface area (Å²) in [5, 5.41) is 0. The minimum Gasteiger partial charge on any atom is -0.378 e. The molecular weight excluding hydrogens is 151 g/mol. The monoisotopic (exact) mass is 166 g/mol. The highest BCUT2D eigenvalue weighted by molar-refractivity contribution is 6.11. The second kappa shape index (κ2) is 2.74. The van der Waals surface area contributed by atoms with Gasteiger partial charge in [-0.05, 0) is 12.3 Å². The molecule has 0 aromatic heterocycles. The van der Waals surface area contributed by atoms with Gasteiger partial charge in [0.2, 0.25) is 0 Å². The van der Waals surface area contributed by atoms with E-state index < -0.39 is 0 Å². The number of hydrogen-bond donors (Lipinski definition) is 0. The normalized spacial score (nSPS) is 52.7. The molecule has 3 heteroatoms. The predicted molar refractivity (Wildman–Crippen MR) is 47.1 cm³/mol. The number of fused-ring (bicyclic) bond motifs is 2. The first kappa shape index (κ1) is 8.58. The van der Waals surface area contributed by atoms with Gasteiger partial charge in [-0.3, -0.25) is 0 Å². The van der Waals surface area contributed by atoms with Crippen LogP contribution in [-0.4, -0.2) is 32.7 Å². The Morgan fingerprint density at radius 3 is 2.92 bits per heavy atom. The minimum atomic E-state index is -0.109. The zero-order chi connectivity index (χ0) is 8.77. The van der Waals surface area contributed by atoms with Crippen molar-refractivity contribution in [1.29, 1.82) is 0 Å². The summed E-state index contributed by atoms with van der Waals surface area (Å²) in [4.78, 5) is 0. The van der Waals surface area contributed by atoms with E-state index in [2.05, 4.69) is 13.8 Å². The van der Waals surface area contributed by atoms with Crippen molar-refractivity contribution in [2.75, 3.05) is 13.2 Å². The molecule has 4 atom stereocenters. The lowest BCUT2D eigenvalue weighted by Crippen LogP contribution is -2.44. The molecule has 2 bridgehead atoms. The lowest BCUT2D eigenvalue weighted by Gasteiger charge is -2.36. The van der Waals surface area contributed by atoms with Crippen LogP contribution in [0.25, 0.3) is 0 Å². The molecule has 2 radical (unpaired) electrons. The molecular formula is C9H15BO2. The first-order chi connectivity index (χ1) is 5.69. The molecule has 66 valence electrons. The van der Waals surface area contributed by atoms with Gasteiger partial charge in [0.25, 0.3) is 0 Å². The van der Waals surface area contributed by atoms with Crippen LogP contribution >= 0.6 is 0 Å². The summed E-state index contributed by atoms with van der Waals surface area (Å²) in [6.45, 7) is 5.85. The quantitative estimate of drug-likeness (QED) is 0.539. The average molecular weight is 166 g/mol. The Morgan fingerprint density at radius 1 is 1.58 bits per heavy atom. The molecule has 2 nitrogen and oxygen atoms in total. The van der Waals surface area contributed by atoms with E-state index in [4.69, 9.17) is 17.3 Å². The zero-order valence-corrected chi connectivity index (χ0v) is 7.75. The lowest BCUT2D eigenvalue weighted by atomic mass is 9.74. The van der Waals surface area contributed by atoms with Gasteiger partial charge in [-0.15, -0.1) is 0 Å². The molecule has 0 aliphatic carbocycles. The summed E-state index contributed by atoms with van der Waals surface area (Å²) in [5.74, 6) is 0.949. The standard InChI is InChI=1S/C9H15BO2/c1-3-9-5-11-4-7(6(9)2)8(10)12-9/h6-8H,3-5H2,1-2H3/t6-,7?,8-,9+/m1/s1. The molecule has 0 spiro atoms. The van der Waals surface area contributed by atoms with Crippen molar-refractivity contribution in [2.45, 2.75) is 31.9 Å². The van der Waals surface area contributed by atoms with E-state index in [1.807, 2.05) is 0 Å². The summed E-state index contributed by atoms with van der Waals surface area (Å²) in [6.07, 6.45) is 0.998. The van der Waals surface area contributed by atoms with Crippen molar-refractivity contribution in [3.8, 4) is 0 Å². The molecule has 1 unspecified atom stereocenters. The fourth-order valence-corrected chi connectivity index (χ4v) is 2.42. The molecule has 2 saturated heterocycles. The van der Waals surface area contributed by atoms with E-state index in [0.717, 1.165) is 19.6 Å². The molecule has 0 N–H and O–H groups in total. The van der Waals surface area contributed by atoms with Crippen molar-refractivity contribution < 1.29 is 9.47 Å². The summed E-state index contributed by atoms with van der Waals surface area (Å²) in [6, 6.07) is -0.109. The summed E-state index contributed by atoms with van der Waals surface area (Å²) >= 11 is 0. The van der Waals surface area contributed by atoms with Crippen molar-refractivity contribution in [1.82, 2.24) is 0 Å². The molecule has 0 aromatic rings. The van der Waals surface area contributed by atoms with Gasteiger partial charge in [-0.25, -0.2) is 0 Å². The summed E-state index contributed by atoms with van der Waals surface area (Å²) in [7, 11) is 5.87. The maximum atomic E-state index is 5.87. The van der Waals surface area contributed by atoms with E-state index in [1.54, 1.807) is 0 Å². The third kappa shape index (κ3) is 0.959. The van der Waals surface area contributed by atoms with Crippen molar-refractivity contribution >= 4 is 7.85 Å². The highest BCUT2D eigenvalue weighted by Gasteiger charge is 2.52. The predicted octanol–water partition coefficient (Wildman–Crippen LogP) is 0.942. The fraction of sp³-hybridized carbons (Fsp3) is 1.00. The zero-order valence-electron chi connectivity index (χ0n) is 7.75. The van der Waals surface area contributed by atoms with Crippen molar-refractivity contribution in [3.05, 3.63) is 0 Å². The Kier molecular flexibility index (Phi) is 1.96.